The highest BCUT2D eigenvalue weighted by Gasteiger charge is 2.21. The molecule has 0 amide bonds. The summed E-state index contributed by atoms with van der Waals surface area (Å²) >= 11 is 0. The SMILES string of the molecule is COB(OC)Oc1ccnc2ccc(F)cc12. The number of halogens is 1. The highest BCUT2D eigenvalue weighted by Crippen LogP contribution is 2.25. The van der Waals surface area contributed by atoms with Gasteiger partial charge in [-0.1, -0.05) is 0 Å². The molecule has 1 aromatic heterocycles. The number of rotatable bonds is 4. The quantitative estimate of drug-likeness (QED) is 0.760. The van der Waals surface area contributed by atoms with E-state index < -0.39 is 7.32 Å². The number of fused-ring (bicyclic) bond motifs is 1. The molecule has 1 aromatic carbocycles. The Morgan fingerprint density at radius 3 is 2.65 bits per heavy atom. The molecule has 2 aromatic rings. The average molecular weight is 235 g/mol. The molecular weight excluding hydrogens is 224 g/mol. The van der Waals surface area contributed by atoms with Crippen molar-refractivity contribution in [1.29, 1.82) is 0 Å². The van der Waals surface area contributed by atoms with E-state index >= 15 is 0 Å². The van der Waals surface area contributed by atoms with Crippen LogP contribution in [0.5, 0.6) is 5.75 Å². The number of benzene rings is 1. The maximum Gasteiger partial charge on any atom is 0.712 e. The van der Waals surface area contributed by atoms with Gasteiger partial charge in [-0.3, -0.25) is 4.98 Å². The topological polar surface area (TPSA) is 40.6 Å². The summed E-state index contributed by atoms with van der Waals surface area (Å²) in [6, 6.07) is 5.93. The van der Waals surface area contributed by atoms with Crippen LogP contribution in [0, 0.1) is 5.82 Å². The van der Waals surface area contributed by atoms with Crippen LogP contribution in [0.15, 0.2) is 30.5 Å². The zero-order chi connectivity index (χ0) is 12.3. The van der Waals surface area contributed by atoms with E-state index in [1.165, 1.54) is 26.4 Å². The number of aromatic nitrogens is 1. The molecule has 0 aliphatic carbocycles. The van der Waals surface area contributed by atoms with Gasteiger partial charge in [0.2, 0.25) is 0 Å². The summed E-state index contributed by atoms with van der Waals surface area (Å²) in [6.45, 7) is 0. The molecule has 0 atom stereocenters. The number of pyridine rings is 1. The van der Waals surface area contributed by atoms with E-state index in [1.807, 2.05) is 0 Å². The van der Waals surface area contributed by atoms with E-state index in [9.17, 15) is 4.39 Å². The van der Waals surface area contributed by atoms with Gasteiger partial charge in [-0.05, 0) is 24.3 Å². The molecule has 2 rings (SSSR count). The number of hydrogen-bond donors (Lipinski definition) is 0. The van der Waals surface area contributed by atoms with Gasteiger partial charge in [0.15, 0.2) is 0 Å². The predicted molar refractivity (Wildman–Crippen MR) is 62.1 cm³/mol. The molecule has 88 valence electrons. The molecule has 0 saturated heterocycles. The van der Waals surface area contributed by atoms with Gasteiger partial charge >= 0.3 is 7.32 Å². The third-order valence-electron chi connectivity index (χ3n) is 2.27. The summed E-state index contributed by atoms with van der Waals surface area (Å²) in [7, 11) is 2.08. The lowest BCUT2D eigenvalue weighted by molar-refractivity contribution is 0.202. The Kier molecular flexibility index (Phi) is 3.56. The van der Waals surface area contributed by atoms with Crippen molar-refractivity contribution >= 4 is 18.2 Å². The fourth-order valence-electron chi connectivity index (χ4n) is 1.49. The molecule has 0 aliphatic heterocycles. The summed E-state index contributed by atoms with van der Waals surface area (Å²) in [4.78, 5) is 4.11. The Bertz CT molecular complexity index is 519. The molecule has 6 heteroatoms. The van der Waals surface area contributed by atoms with Crippen LogP contribution >= 0.6 is 0 Å². The summed E-state index contributed by atoms with van der Waals surface area (Å²) in [5.41, 5.74) is 0.648. The highest BCUT2D eigenvalue weighted by atomic mass is 19.1. The molecule has 17 heavy (non-hydrogen) atoms. The van der Waals surface area contributed by atoms with Crippen molar-refractivity contribution in [2.24, 2.45) is 0 Å². The van der Waals surface area contributed by atoms with Gasteiger partial charge in [-0.15, -0.1) is 0 Å². The Morgan fingerprint density at radius 1 is 1.18 bits per heavy atom. The predicted octanol–water partition coefficient (Wildman–Crippen LogP) is 2.03. The first-order valence-electron chi connectivity index (χ1n) is 5.01. The number of hydrogen-bond acceptors (Lipinski definition) is 4. The molecule has 0 unspecified atom stereocenters. The summed E-state index contributed by atoms with van der Waals surface area (Å²) < 4.78 is 28.4. The largest absolute Gasteiger partial charge is 0.712 e. The zero-order valence-electron chi connectivity index (χ0n) is 9.51. The highest BCUT2D eigenvalue weighted by molar-refractivity contribution is 6.37. The lowest BCUT2D eigenvalue weighted by atomic mass is 10.1. The van der Waals surface area contributed by atoms with E-state index in [1.54, 1.807) is 18.3 Å². The van der Waals surface area contributed by atoms with Gasteiger partial charge in [0.1, 0.15) is 11.6 Å². The van der Waals surface area contributed by atoms with Crippen molar-refractivity contribution in [2.45, 2.75) is 0 Å². The maximum atomic E-state index is 13.2. The van der Waals surface area contributed by atoms with Crippen molar-refractivity contribution < 1.29 is 18.4 Å². The normalized spacial score (nSPS) is 10.5. The first kappa shape index (κ1) is 11.8. The molecule has 0 aliphatic rings. The van der Waals surface area contributed by atoms with E-state index in [0.717, 1.165) is 0 Å². The van der Waals surface area contributed by atoms with Crippen LogP contribution < -0.4 is 4.65 Å². The monoisotopic (exact) mass is 235 g/mol. The molecule has 0 saturated carbocycles. The van der Waals surface area contributed by atoms with Crippen molar-refractivity contribution in [1.82, 2.24) is 4.98 Å². The minimum atomic E-state index is -0.830. The van der Waals surface area contributed by atoms with Crippen molar-refractivity contribution in [3.63, 3.8) is 0 Å². The van der Waals surface area contributed by atoms with Crippen molar-refractivity contribution in [3.05, 3.63) is 36.3 Å². The second kappa shape index (κ2) is 5.12. The Morgan fingerprint density at radius 2 is 1.94 bits per heavy atom. The molecule has 0 N–H and O–H groups in total. The van der Waals surface area contributed by atoms with Gasteiger partial charge in [0.05, 0.1) is 5.52 Å². The van der Waals surface area contributed by atoms with Crippen LogP contribution in [0.3, 0.4) is 0 Å². The Balaban J connectivity index is 2.42. The van der Waals surface area contributed by atoms with E-state index in [0.29, 0.717) is 16.7 Å². The lowest BCUT2D eigenvalue weighted by Gasteiger charge is -2.12. The molecule has 4 nitrogen and oxygen atoms in total. The fraction of sp³-hybridized carbons (Fsp3) is 0.182. The third kappa shape index (κ3) is 2.54. The summed E-state index contributed by atoms with van der Waals surface area (Å²) in [6.07, 6.45) is 1.58. The Hall–Kier alpha value is -1.66. The first-order valence-corrected chi connectivity index (χ1v) is 5.01. The third-order valence-corrected chi connectivity index (χ3v) is 2.27. The maximum absolute atomic E-state index is 13.2. The average Bonchev–Trinajstić information content (AvgIpc) is 2.36. The minimum absolute atomic E-state index is 0.346. The molecule has 1 heterocycles. The summed E-state index contributed by atoms with van der Waals surface area (Å²) in [5, 5.41) is 0.576. The van der Waals surface area contributed by atoms with Gasteiger partial charge in [0, 0.05) is 25.8 Å². The lowest BCUT2D eigenvalue weighted by Crippen LogP contribution is -2.27. The zero-order valence-corrected chi connectivity index (χ0v) is 9.51. The van der Waals surface area contributed by atoms with Gasteiger partial charge in [0.25, 0.3) is 0 Å². The standard InChI is InChI=1S/C11H11BFNO3/c1-15-12(16-2)17-11-5-6-14-10-4-3-8(13)7-9(10)11/h3-7H,1-2H3. The van der Waals surface area contributed by atoms with Gasteiger partial charge in [-0.25, -0.2) is 4.39 Å². The molecule has 0 fully saturated rings. The minimum Gasteiger partial charge on any atom is -0.511 e. The van der Waals surface area contributed by atoms with E-state index in [-0.39, 0.29) is 5.82 Å². The molecule has 0 spiro atoms. The number of nitrogens with zero attached hydrogens (tertiary/aromatic N) is 1. The Labute approximate surface area is 98.5 Å². The van der Waals surface area contributed by atoms with Crippen molar-refractivity contribution in [2.75, 3.05) is 14.2 Å². The van der Waals surface area contributed by atoms with Gasteiger partial charge in [-0.2, -0.15) is 0 Å². The molecular formula is C11H11BFNO3. The second-order valence-electron chi connectivity index (χ2n) is 3.35. The first-order chi connectivity index (χ1) is 8.24. The van der Waals surface area contributed by atoms with Crippen LogP contribution in [0.1, 0.15) is 0 Å². The van der Waals surface area contributed by atoms with Crippen LogP contribution in [-0.4, -0.2) is 26.5 Å². The van der Waals surface area contributed by atoms with E-state index in [2.05, 4.69) is 4.98 Å². The molecule has 0 radical (unpaired) electrons. The van der Waals surface area contributed by atoms with E-state index in [4.69, 9.17) is 14.0 Å². The van der Waals surface area contributed by atoms with Crippen LogP contribution in [0.25, 0.3) is 10.9 Å². The van der Waals surface area contributed by atoms with Crippen molar-refractivity contribution in [3.8, 4) is 5.75 Å². The smallest absolute Gasteiger partial charge is 0.511 e. The van der Waals surface area contributed by atoms with Gasteiger partial charge < -0.3 is 14.0 Å². The molecule has 0 bridgehead atoms. The summed E-state index contributed by atoms with van der Waals surface area (Å²) in [5.74, 6) is 0.116. The second-order valence-corrected chi connectivity index (χ2v) is 3.35. The fourth-order valence-corrected chi connectivity index (χ4v) is 1.49. The van der Waals surface area contributed by atoms with Crippen LogP contribution in [0.4, 0.5) is 4.39 Å². The van der Waals surface area contributed by atoms with Crippen LogP contribution in [0.2, 0.25) is 0 Å². The van der Waals surface area contributed by atoms with Crippen LogP contribution in [-0.2, 0) is 9.31 Å².